The summed E-state index contributed by atoms with van der Waals surface area (Å²) < 4.78 is 0. The molecule has 1 aromatic carbocycles. The van der Waals surface area contributed by atoms with Crippen molar-refractivity contribution in [1.82, 2.24) is 5.43 Å². The van der Waals surface area contributed by atoms with Crippen molar-refractivity contribution in [1.29, 1.82) is 0 Å². The summed E-state index contributed by atoms with van der Waals surface area (Å²) in [7, 11) is 0. The van der Waals surface area contributed by atoms with Crippen LogP contribution in [0.25, 0.3) is 0 Å². The first kappa shape index (κ1) is 12.6. The largest absolute Gasteiger partial charge is 0.350 e. The van der Waals surface area contributed by atoms with Gasteiger partial charge in [0.25, 0.3) is 0 Å². The number of urea groups is 1. The van der Waals surface area contributed by atoms with Crippen molar-refractivity contribution in [3.05, 3.63) is 29.3 Å². The topological polar surface area (TPSA) is 67.5 Å². The van der Waals surface area contributed by atoms with Crippen LogP contribution in [-0.2, 0) is 0 Å². The van der Waals surface area contributed by atoms with Gasteiger partial charge in [-0.15, -0.1) is 11.8 Å². The van der Waals surface area contributed by atoms with Gasteiger partial charge in [0, 0.05) is 10.5 Å². The average molecular weight is 237 g/mol. The first-order valence-corrected chi connectivity index (χ1v) is 6.02. The molecule has 0 radical (unpaired) electrons. The summed E-state index contributed by atoms with van der Waals surface area (Å²) in [6.07, 6.45) is 2.03. The number of primary amides is 1. The van der Waals surface area contributed by atoms with Gasteiger partial charge in [0.05, 0.1) is 5.71 Å². The molecule has 86 valence electrons. The lowest BCUT2D eigenvalue weighted by Crippen LogP contribution is -2.25. The Bertz CT molecular complexity index is 429. The Morgan fingerprint density at radius 1 is 1.50 bits per heavy atom. The molecule has 3 N–H and O–H groups in total. The number of nitrogens with one attached hydrogen (secondary N) is 1. The van der Waals surface area contributed by atoms with Crippen LogP contribution >= 0.6 is 11.8 Å². The summed E-state index contributed by atoms with van der Waals surface area (Å²) in [5, 5.41) is 3.90. The molecule has 0 atom stereocenters. The second kappa shape index (κ2) is 5.55. The first-order chi connectivity index (χ1) is 7.54. The van der Waals surface area contributed by atoms with Crippen LogP contribution < -0.4 is 11.2 Å². The molecule has 0 unspecified atom stereocenters. The summed E-state index contributed by atoms with van der Waals surface area (Å²) in [4.78, 5) is 11.7. The Kier molecular flexibility index (Phi) is 4.37. The Morgan fingerprint density at radius 2 is 2.19 bits per heavy atom. The van der Waals surface area contributed by atoms with Crippen molar-refractivity contribution < 1.29 is 4.79 Å². The highest BCUT2D eigenvalue weighted by molar-refractivity contribution is 7.98. The standard InChI is InChI=1S/C11H15N3OS/c1-7-6-9(16-3)4-5-10(7)8(2)13-14-11(12)15/h4-6H,1-3H3,(H3,12,14,15)/b13-8+. The Labute approximate surface area is 99.3 Å². The van der Waals surface area contributed by atoms with Gasteiger partial charge in [0.1, 0.15) is 0 Å². The van der Waals surface area contributed by atoms with E-state index in [1.165, 1.54) is 4.90 Å². The maximum Gasteiger partial charge on any atom is 0.332 e. The molecule has 0 aliphatic carbocycles. The lowest BCUT2D eigenvalue weighted by molar-refractivity contribution is 0.249. The molecule has 0 aromatic heterocycles. The van der Waals surface area contributed by atoms with Gasteiger partial charge in [0.2, 0.25) is 0 Å². The zero-order valence-corrected chi connectivity index (χ0v) is 10.4. The molecular weight excluding hydrogens is 222 g/mol. The van der Waals surface area contributed by atoms with E-state index in [4.69, 9.17) is 5.73 Å². The molecule has 0 spiro atoms. The van der Waals surface area contributed by atoms with Gasteiger partial charge in [-0.2, -0.15) is 5.10 Å². The monoisotopic (exact) mass is 237 g/mol. The summed E-state index contributed by atoms with van der Waals surface area (Å²) in [6.45, 7) is 3.84. The van der Waals surface area contributed by atoms with E-state index in [1.54, 1.807) is 11.8 Å². The van der Waals surface area contributed by atoms with E-state index in [2.05, 4.69) is 16.6 Å². The van der Waals surface area contributed by atoms with E-state index < -0.39 is 6.03 Å². The number of nitrogens with zero attached hydrogens (tertiary/aromatic N) is 1. The van der Waals surface area contributed by atoms with Crippen LogP contribution in [0, 0.1) is 6.92 Å². The van der Waals surface area contributed by atoms with Gasteiger partial charge in [0.15, 0.2) is 0 Å². The average Bonchev–Trinajstić information content (AvgIpc) is 2.25. The minimum absolute atomic E-state index is 0.655. The fraction of sp³-hybridized carbons (Fsp3) is 0.273. The molecule has 2 amide bonds. The maximum absolute atomic E-state index is 10.5. The molecule has 0 fully saturated rings. The Hall–Kier alpha value is -1.49. The fourth-order valence-corrected chi connectivity index (χ4v) is 1.87. The molecule has 1 aromatic rings. The number of benzene rings is 1. The van der Waals surface area contributed by atoms with Gasteiger partial charge in [-0.05, 0) is 37.8 Å². The maximum atomic E-state index is 10.5. The van der Waals surface area contributed by atoms with E-state index in [1.807, 2.05) is 32.2 Å². The predicted molar refractivity (Wildman–Crippen MR) is 67.9 cm³/mol. The van der Waals surface area contributed by atoms with Gasteiger partial charge in [-0.3, -0.25) is 0 Å². The quantitative estimate of drug-likeness (QED) is 0.480. The molecular formula is C11H15N3OS. The summed E-state index contributed by atoms with van der Waals surface area (Å²) in [5.41, 5.74) is 10.0. The Balaban J connectivity index is 2.95. The zero-order chi connectivity index (χ0) is 12.1. The van der Waals surface area contributed by atoms with Crippen molar-refractivity contribution in [3.63, 3.8) is 0 Å². The smallest absolute Gasteiger partial charge is 0.332 e. The third-order valence-electron chi connectivity index (χ3n) is 2.16. The minimum Gasteiger partial charge on any atom is -0.350 e. The van der Waals surface area contributed by atoms with E-state index >= 15 is 0 Å². The molecule has 4 nitrogen and oxygen atoms in total. The highest BCUT2D eigenvalue weighted by Crippen LogP contribution is 2.19. The van der Waals surface area contributed by atoms with E-state index in [0.717, 1.165) is 16.8 Å². The number of rotatable bonds is 3. The number of thioether (sulfide) groups is 1. The molecule has 0 bridgehead atoms. The normalized spacial score (nSPS) is 11.3. The molecule has 0 aliphatic heterocycles. The van der Waals surface area contributed by atoms with Gasteiger partial charge in [-0.25, -0.2) is 10.2 Å². The van der Waals surface area contributed by atoms with Crippen LogP contribution in [0.4, 0.5) is 4.79 Å². The number of aryl methyl sites for hydroxylation is 1. The van der Waals surface area contributed by atoms with Gasteiger partial charge < -0.3 is 5.73 Å². The lowest BCUT2D eigenvalue weighted by atomic mass is 10.1. The number of hydrazone groups is 1. The van der Waals surface area contributed by atoms with Crippen molar-refractivity contribution in [2.24, 2.45) is 10.8 Å². The highest BCUT2D eigenvalue weighted by atomic mass is 32.2. The number of carbonyl (C=O) groups is 1. The summed E-state index contributed by atoms with van der Waals surface area (Å²) >= 11 is 1.69. The molecule has 0 saturated heterocycles. The van der Waals surface area contributed by atoms with Crippen LogP contribution in [0.5, 0.6) is 0 Å². The second-order valence-corrected chi connectivity index (χ2v) is 4.23. The third kappa shape index (κ3) is 3.27. The lowest BCUT2D eigenvalue weighted by Gasteiger charge is -2.07. The molecule has 0 heterocycles. The molecule has 5 heteroatoms. The zero-order valence-electron chi connectivity index (χ0n) is 9.57. The SMILES string of the molecule is CSc1ccc(/C(C)=N/NC(N)=O)c(C)c1. The van der Waals surface area contributed by atoms with Crippen LogP contribution in [-0.4, -0.2) is 18.0 Å². The van der Waals surface area contributed by atoms with Crippen LogP contribution in [0.1, 0.15) is 18.1 Å². The number of amides is 2. The van der Waals surface area contributed by atoms with Gasteiger partial charge >= 0.3 is 6.03 Å². The first-order valence-electron chi connectivity index (χ1n) is 4.79. The predicted octanol–water partition coefficient (Wildman–Crippen LogP) is 2.11. The van der Waals surface area contributed by atoms with Crippen LogP contribution in [0.2, 0.25) is 0 Å². The number of hydrogen-bond donors (Lipinski definition) is 2. The minimum atomic E-state index is -0.655. The van der Waals surface area contributed by atoms with Crippen molar-refractivity contribution >= 4 is 23.5 Å². The number of carbonyl (C=O) groups excluding carboxylic acids is 1. The highest BCUT2D eigenvalue weighted by Gasteiger charge is 2.03. The molecule has 1 rings (SSSR count). The third-order valence-corrected chi connectivity index (χ3v) is 2.88. The Morgan fingerprint density at radius 3 is 2.69 bits per heavy atom. The molecule has 16 heavy (non-hydrogen) atoms. The number of hydrogen-bond acceptors (Lipinski definition) is 3. The number of nitrogens with two attached hydrogens (primary N) is 1. The molecule has 0 aliphatic rings. The van der Waals surface area contributed by atoms with Crippen LogP contribution in [0.15, 0.2) is 28.2 Å². The summed E-state index contributed by atoms with van der Waals surface area (Å²) in [5.74, 6) is 0. The van der Waals surface area contributed by atoms with E-state index in [9.17, 15) is 4.79 Å². The van der Waals surface area contributed by atoms with E-state index in [-0.39, 0.29) is 0 Å². The van der Waals surface area contributed by atoms with Crippen molar-refractivity contribution in [3.8, 4) is 0 Å². The van der Waals surface area contributed by atoms with Gasteiger partial charge in [-0.1, -0.05) is 6.07 Å². The fourth-order valence-electron chi connectivity index (χ4n) is 1.37. The summed E-state index contributed by atoms with van der Waals surface area (Å²) in [6, 6.07) is 5.44. The van der Waals surface area contributed by atoms with E-state index in [0.29, 0.717) is 0 Å². The molecule has 0 saturated carbocycles. The second-order valence-electron chi connectivity index (χ2n) is 3.35. The van der Waals surface area contributed by atoms with Crippen LogP contribution in [0.3, 0.4) is 0 Å². The van der Waals surface area contributed by atoms with Crippen molar-refractivity contribution in [2.45, 2.75) is 18.7 Å². The van der Waals surface area contributed by atoms with Crippen molar-refractivity contribution in [2.75, 3.05) is 6.26 Å².